The number of rotatable bonds is 7. The second-order valence-corrected chi connectivity index (χ2v) is 7.50. The summed E-state index contributed by atoms with van der Waals surface area (Å²) in [5.41, 5.74) is 0. The molecule has 2 atom stereocenters. The molecule has 1 aromatic heterocycles. The maximum Gasteiger partial charge on any atom is 0.241 e. The van der Waals surface area contributed by atoms with Crippen LogP contribution in [0.1, 0.15) is 37.7 Å². The molecule has 2 heterocycles. The van der Waals surface area contributed by atoms with Gasteiger partial charge in [-0.15, -0.1) is 11.3 Å². The molecule has 112 valence electrons. The lowest BCUT2D eigenvalue weighted by molar-refractivity contribution is -0.130. The smallest absolute Gasteiger partial charge is 0.241 e. The van der Waals surface area contributed by atoms with Gasteiger partial charge in [-0.3, -0.25) is 10.1 Å². The largest absolute Gasteiger partial charge is 0.321 e. The number of unbranched alkanes of at least 4 members (excludes halogenated alkanes) is 1. The average molecular weight is 313 g/mol. The molecule has 20 heavy (non-hydrogen) atoms. The van der Waals surface area contributed by atoms with Crippen LogP contribution in [0.5, 0.6) is 0 Å². The number of hydrogen-bond donors (Lipinski definition) is 1. The number of carbonyl (C=O) groups is 1. The van der Waals surface area contributed by atoms with Gasteiger partial charge in [0.15, 0.2) is 0 Å². The fraction of sp³-hybridized carbons (Fsp3) is 0.667. The second-order valence-electron chi connectivity index (χ2n) is 5.54. The minimum Gasteiger partial charge on any atom is -0.321 e. The van der Waals surface area contributed by atoms with E-state index in [1.807, 2.05) is 16.7 Å². The third-order valence-corrected chi connectivity index (χ3v) is 5.30. The molecule has 0 radical (unpaired) electrons. The first-order chi connectivity index (χ1) is 9.65. The van der Waals surface area contributed by atoms with Gasteiger partial charge in [-0.2, -0.15) is 11.8 Å². The lowest BCUT2D eigenvalue weighted by atomic mass is 10.1. The van der Waals surface area contributed by atoms with E-state index in [4.69, 9.17) is 0 Å². The molecule has 1 amide bonds. The number of thiophene rings is 1. The molecule has 2 rings (SSSR count). The molecule has 1 aliphatic heterocycles. The van der Waals surface area contributed by atoms with E-state index in [1.165, 1.54) is 17.1 Å². The minimum absolute atomic E-state index is 0.0392. The highest BCUT2D eigenvalue weighted by atomic mass is 32.2. The Kier molecular flexibility index (Phi) is 5.93. The van der Waals surface area contributed by atoms with Gasteiger partial charge in [0.05, 0.1) is 6.04 Å². The normalized spacial score (nSPS) is 23.0. The molecule has 1 aliphatic rings. The van der Waals surface area contributed by atoms with Crippen LogP contribution in [0.3, 0.4) is 0 Å². The van der Waals surface area contributed by atoms with Crippen LogP contribution in [-0.4, -0.2) is 35.4 Å². The summed E-state index contributed by atoms with van der Waals surface area (Å²) in [6.07, 6.45) is 4.46. The van der Waals surface area contributed by atoms with Crippen molar-refractivity contribution < 1.29 is 4.79 Å². The average Bonchev–Trinajstić information content (AvgIpc) is 3.03. The molecule has 1 fully saturated rings. The maximum atomic E-state index is 12.6. The molecule has 5 heteroatoms. The van der Waals surface area contributed by atoms with Gasteiger partial charge in [0, 0.05) is 11.4 Å². The van der Waals surface area contributed by atoms with Crippen molar-refractivity contribution >= 4 is 29.0 Å². The van der Waals surface area contributed by atoms with Crippen LogP contribution in [0.25, 0.3) is 0 Å². The van der Waals surface area contributed by atoms with Crippen LogP contribution in [0.4, 0.5) is 0 Å². The molecular weight excluding hydrogens is 288 g/mol. The highest BCUT2D eigenvalue weighted by Crippen LogP contribution is 2.30. The molecule has 0 spiro atoms. The summed E-state index contributed by atoms with van der Waals surface area (Å²) in [5.74, 6) is 1.77. The molecular formula is C15H24N2OS2. The first-order valence-corrected chi connectivity index (χ1v) is 9.51. The Labute approximate surface area is 130 Å². The van der Waals surface area contributed by atoms with E-state index >= 15 is 0 Å². The Bertz CT molecular complexity index is 420. The lowest BCUT2D eigenvalue weighted by Gasteiger charge is -2.23. The summed E-state index contributed by atoms with van der Waals surface area (Å²) < 4.78 is 0. The van der Waals surface area contributed by atoms with Gasteiger partial charge in [-0.1, -0.05) is 19.9 Å². The highest BCUT2D eigenvalue weighted by molar-refractivity contribution is 7.98. The summed E-state index contributed by atoms with van der Waals surface area (Å²) in [7, 11) is 0. The summed E-state index contributed by atoms with van der Waals surface area (Å²) in [5, 5.41) is 5.59. The van der Waals surface area contributed by atoms with Gasteiger partial charge in [0.2, 0.25) is 5.91 Å². The van der Waals surface area contributed by atoms with Crippen LogP contribution >= 0.6 is 23.1 Å². The van der Waals surface area contributed by atoms with Crippen molar-refractivity contribution in [3.63, 3.8) is 0 Å². The zero-order chi connectivity index (χ0) is 14.5. The van der Waals surface area contributed by atoms with Gasteiger partial charge in [-0.25, -0.2) is 0 Å². The van der Waals surface area contributed by atoms with E-state index < -0.39 is 0 Å². The summed E-state index contributed by atoms with van der Waals surface area (Å²) >= 11 is 3.59. The molecule has 1 saturated heterocycles. The Morgan fingerprint density at radius 2 is 2.25 bits per heavy atom. The van der Waals surface area contributed by atoms with Crippen LogP contribution in [0.2, 0.25) is 0 Å². The summed E-state index contributed by atoms with van der Waals surface area (Å²) in [6, 6.07) is 4.14. The van der Waals surface area contributed by atoms with Gasteiger partial charge in [0.1, 0.15) is 6.17 Å². The van der Waals surface area contributed by atoms with Crippen molar-refractivity contribution in [3.05, 3.63) is 22.4 Å². The van der Waals surface area contributed by atoms with Crippen LogP contribution < -0.4 is 5.32 Å². The van der Waals surface area contributed by atoms with Gasteiger partial charge < -0.3 is 4.90 Å². The number of nitrogens with one attached hydrogen (secondary N) is 1. The topological polar surface area (TPSA) is 32.3 Å². The Morgan fingerprint density at radius 1 is 1.45 bits per heavy atom. The van der Waals surface area contributed by atoms with E-state index in [9.17, 15) is 4.79 Å². The predicted octanol–water partition coefficient (Wildman–Crippen LogP) is 3.35. The predicted molar refractivity (Wildman–Crippen MR) is 88.2 cm³/mol. The molecule has 3 nitrogen and oxygen atoms in total. The zero-order valence-electron chi connectivity index (χ0n) is 12.5. The monoisotopic (exact) mass is 312 g/mol. The van der Waals surface area contributed by atoms with Crippen LogP contribution in [0.15, 0.2) is 17.5 Å². The van der Waals surface area contributed by atoms with Crippen molar-refractivity contribution in [2.45, 2.75) is 38.9 Å². The van der Waals surface area contributed by atoms with Crippen LogP contribution in [-0.2, 0) is 4.79 Å². The van der Waals surface area contributed by atoms with Crippen LogP contribution in [0, 0.1) is 5.92 Å². The van der Waals surface area contributed by atoms with Crippen molar-refractivity contribution in [1.29, 1.82) is 0 Å². The number of nitrogens with zero attached hydrogens (tertiary/aromatic N) is 1. The molecule has 2 unspecified atom stereocenters. The first kappa shape index (κ1) is 15.9. The quantitative estimate of drug-likeness (QED) is 0.784. The molecule has 0 aromatic carbocycles. The third kappa shape index (κ3) is 3.57. The zero-order valence-corrected chi connectivity index (χ0v) is 14.1. The summed E-state index contributed by atoms with van der Waals surface area (Å²) in [6.45, 7) is 5.08. The highest BCUT2D eigenvalue weighted by Gasteiger charge is 2.40. The number of thioether (sulfide) groups is 1. The van der Waals surface area contributed by atoms with E-state index in [2.05, 4.69) is 42.9 Å². The van der Waals surface area contributed by atoms with Crippen molar-refractivity contribution in [3.8, 4) is 0 Å². The Balaban J connectivity index is 2.05. The molecule has 1 N–H and O–H groups in total. The maximum absolute atomic E-state index is 12.6. The SMILES string of the molecule is CSCCCCN1C(=O)C(C(C)C)NC1c1cccs1. The van der Waals surface area contributed by atoms with Crippen molar-refractivity contribution in [2.24, 2.45) is 5.92 Å². The van der Waals surface area contributed by atoms with E-state index in [0.29, 0.717) is 5.92 Å². The molecule has 0 aliphatic carbocycles. The summed E-state index contributed by atoms with van der Waals surface area (Å²) in [4.78, 5) is 15.9. The first-order valence-electron chi connectivity index (χ1n) is 7.24. The van der Waals surface area contributed by atoms with Gasteiger partial charge in [-0.05, 0) is 42.2 Å². The lowest BCUT2D eigenvalue weighted by Crippen LogP contribution is -2.35. The second kappa shape index (κ2) is 7.48. The fourth-order valence-corrected chi connectivity index (χ4v) is 3.85. The van der Waals surface area contributed by atoms with E-state index in [0.717, 1.165) is 13.0 Å². The minimum atomic E-state index is -0.0392. The van der Waals surface area contributed by atoms with Crippen molar-refractivity contribution in [1.82, 2.24) is 10.2 Å². The Hall–Kier alpha value is -0.520. The Morgan fingerprint density at radius 3 is 2.85 bits per heavy atom. The number of carbonyl (C=O) groups excluding carboxylic acids is 1. The van der Waals surface area contributed by atoms with Crippen molar-refractivity contribution in [2.75, 3.05) is 18.6 Å². The fourth-order valence-electron chi connectivity index (χ4n) is 2.57. The molecule has 0 bridgehead atoms. The van der Waals surface area contributed by atoms with Gasteiger partial charge in [0.25, 0.3) is 0 Å². The van der Waals surface area contributed by atoms with E-state index in [1.54, 1.807) is 11.3 Å². The molecule has 0 saturated carbocycles. The standard InChI is InChI=1S/C15H24N2OS2/c1-11(2)13-15(18)17(8-4-5-9-19-3)14(16-13)12-7-6-10-20-12/h6-7,10-11,13-14,16H,4-5,8-9H2,1-3H3. The number of amides is 1. The number of hydrogen-bond acceptors (Lipinski definition) is 4. The van der Waals surface area contributed by atoms with Gasteiger partial charge >= 0.3 is 0 Å². The third-order valence-electron chi connectivity index (χ3n) is 3.68. The van der Waals surface area contributed by atoms with E-state index in [-0.39, 0.29) is 18.1 Å². The molecule has 1 aromatic rings.